The lowest BCUT2D eigenvalue weighted by Crippen LogP contribution is -2.19. The molecule has 0 radical (unpaired) electrons. The summed E-state index contributed by atoms with van der Waals surface area (Å²) in [5.41, 5.74) is 1.47. The molecule has 0 spiro atoms. The van der Waals surface area contributed by atoms with Gasteiger partial charge in [0.05, 0.1) is 18.6 Å². The van der Waals surface area contributed by atoms with Crippen LogP contribution in [0.1, 0.15) is 19.4 Å². The molecule has 2 aromatic rings. The van der Waals surface area contributed by atoms with Gasteiger partial charge in [0.15, 0.2) is 5.17 Å². The molecule has 0 saturated carbocycles. The van der Waals surface area contributed by atoms with Crippen LogP contribution in [0.4, 0.5) is 5.69 Å². The number of methoxy groups -OCH3 is 1. The van der Waals surface area contributed by atoms with Crippen LogP contribution in [0, 0.1) is 5.92 Å². The predicted molar refractivity (Wildman–Crippen MR) is 116 cm³/mol. The summed E-state index contributed by atoms with van der Waals surface area (Å²) in [5.74, 6) is 1.68. The Morgan fingerprint density at radius 3 is 2.64 bits per heavy atom. The van der Waals surface area contributed by atoms with E-state index in [2.05, 4.69) is 24.2 Å². The Hall–Kier alpha value is -2.44. The Morgan fingerprint density at radius 2 is 1.96 bits per heavy atom. The Balaban J connectivity index is 1.75. The number of nitrogens with zero attached hydrogens (tertiary/aromatic N) is 1. The largest absolute Gasteiger partial charge is 0.494 e. The normalized spacial score (nSPS) is 16.7. The molecule has 7 heteroatoms. The smallest absolute Gasteiger partial charge is 0.264 e. The number of carbonyl (C=O) groups excluding carboxylic acids is 1. The van der Waals surface area contributed by atoms with Crippen molar-refractivity contribution in [2.75, 3.05) is 13.7 Å². The molecule has 1 amide bonds. The Bertz CT molecular complexity index is 924. The highest BCUT2D eigenvalue weighted by Gasteiger charge is 2.24. The molecule has 1 saturated heterocycles. The maximum Gasteiger partial charge on any atom is 0.264 e. The van der Waals surface area contributed by atoms with Crippen molar-refractivity contribution in [2.45, 2.75) is 13.8 Å². The first-order valence-corrected chi connectivity index (χ1v) is 10.00. The first kappa shape index (κ1) is 20.3. The number of thioether (sulfide) groups is 1. The number of amides is 1. The minimum atomic E-state index is -0.190. The summed E-state index contributed by atoms with van der Waals surface area (Å²) in [6.07, 6.45) is 1.82. The lowest BCUT2D eigenvalue weighted by atomic mass is 10.2. The molecule has 146 valence electrons. The zero-order valence-corrected chi connectivity index (χ0v) is 17.4. The van der Waals surface area contributed by atoms with Crippen LogP contribution >= 0.6 is 23.4 Å². The molecule has 1 N–H and O–H groups in total. The Morgan fingerprint density at radius 1 is 1.21 bits per heavy atom. The van der Waals surface area contributed by atoms with Gasteiger partial charge in [-0.15, -0.1) is 0 Å². The van der Waals surface area contributed by atoms with Gasteiger partial charge in [-0.1, -0.05) is 37.6 Å². The zero-order chi connectivity index (χ0) is 20.1. The molecule has 0 atom stereocenters. The SMILES string of the molecule is COc1ccc(Cl)cc1N=C1NC(=O)/C(=C/c2ccc(OCC(C)C)cc2)S1. The molecular formula is C21H21ClN2O3S. The van der Waals surface area contributed by atoms with Crippen LogP contribution in [0.2, 0.25) is 5.02 Å². The summed E-state index contributed by atoms with van der Waals surface area (Å²) in [6, 6.07) is 12.8. The van der Waals surface area contributed by atoms with Gasteiger partial charge in [-0.05, 0) is 59.7 Å². The summed E-state index contributed by atoms with van der Waals surface area (Å²) in [7, 11) is 1.56. The number of ether oxygens (including phenoxy) is 2. The van der Waals surface area contributed by atoms with Gasteiger partial charge in [-0.2, -0.15) is 0 Å². The average molecular weight is 417 g/mol. The average Bonchev–Trinajstić information content (AvgIpc) is 3.00. The number of rotatable bonds is 6. The monoisotopic (exact) mass is 416 g/mol. The van der Waals surface area contributed by atoms with Crippen LogP contribution in [0.25, 0.3) is 6.08 Å². The highest BCUT2D eigenvalue weighted by molar-refractivity contribution is 8.18. The Kier molecular flexibility index (Phi) is 6.65. The number of amidine groups is 1. The second-order valence-corrected chi connectivity index (χ2v) is 8.04. The molecular weight excluding hydrogens is 396 g/mol. The van der Waals surface area contributed by atoms with E-state index in [9.17, 15) is 4.79 Å². The van der Waals surface area contributed by atoms with Gasteiger partial charge in [-0.25, -0.2) is 4.99 Å². The van der Waals surface area contributed by atoms with E-state index in [1.807, 2.05) is 30.3 Å². The van der Waals surface area contributed by atoms with Crippen LogP contribution in [0.15, 0.2) is 52.4 Å². The number of halogens is 1. The maximum absolute atomic E-state index is 12.3. The van der Waals surface area contributed by atoms with Gasteiger partial charge in [0.1, 0.15) is 17.2 Å². The molecule has 5 nitrogen and oxygen atoms in total. The first-order chi connectivity index (χ1) is 13.4. The lowest BCUT2D eigenvalue weighted by molar-refractivity contribution is -0.115. The molecule has 0 bridgehead atoms. The number of benzene rings is 2. The van der Waals surface area contributed by atoms with Crippen molar-refractivity contribution in [2.24, 2.45) is 10.9 Å². The van der Waals surface area contributed by atoms with Crippen molar-refractivity contribution in [3.63, 3.8) is 0 Å². The number of hydrogen-bond donors (Lipinski definition) is 1. The second kappa shape index (κ2) is 9.17. The van der Waals surface area contributed by atoms with Crippen LogP contribution in [-0.4, -0.2) is 24.8 Å². The Labute approximate surface area is 173 Å². The minimum absolute atomic E-state index is 0.190. The third-order valence-corrected chi connectivity index (χ3v) is 4.92. The summed E-state index contributed by atoms with van der Waals surface area (Å²) >= 11 is 7.31. The first-order valence-electron chi connectivity index (χ1n) is 8.80. The third-order valence-electron chi connectivity index (χ3n) is 3.77. The third kappa shape index (κ3) is 5.30. The summed E-state index contributed by atoms with van der Waals surface area (Å²) in [4.78, 5) is 17.3. The number of hydrogen-bond acceptors (Lipinski definition) is 5. The van der Waals surface area contributed by atoms with Crippen molar-refractivity contribution < 1.29 is 14.3 Å². The van der Waals surface area contributed by atoms with Crippen molar-refractivity contribution in [1.29, 1.82) is 0 Å². The fourth-order valence-corrected chi connectivity index (χ4v) is 3.42. The second-order valence-electron chi connectivity index (χ2n) is 6.57. The van der Waals surface area contributed by atoms with Crippen molar-refractivity contribution in [1.82, 2.24) is 5.32 Å². The standard InChI is InChI=1S/C21H21ClN2O3S/c1-13(2)12-27-16-7-4-14(5-8-16)10-19-20(25)24-21(28-19)23-17-11-15(22)6-9-18(17)26-3/h4-11,13H,12H2,1-3H3,(H,23,24,25)/b19-10-. The van der Waals surface area contributed by atoms with E-state index in [1.165, 1.54) is 11.8 Å². The van der Waals surface area contributed by atoms with Crippen molar-refractivity contribution >= 4 is 46.2 Å². The molecule has 2 aromatic carbocycles. The topological polar surface area (TPSA) is 59.9 Å². The van der Waals surface area contributed by atoms with E-state index in [-0.39, 0.29) is 5.91 Å². The van der Waals surface area contributed by atoms with E-state index in [0.29, 0.717) is 39.1 Å². The van der Waals surface area contributed by atoms with E-state index in [4.69, 9.17) is 21.1 Å². The molecule has 3 rings (SSSR count). The molecule has 0 aliphatic carbocycles. The lowest BCUT2D eigenvalue weighted by Gasteiger charge is -2.08. The number of carbonyl (C=O) groups is 1. The van der Waals surface area contributed by atoms with Gasteiger partial charge in [0.25, 0.3) is 5.91 Å². The van der Waals surface area contributed by atoms with E-state index in [1.54, 1.807) is 25.3 Å². The zero-order valence-electron chi connectivity index (χ0n) is 15.9. The molecule has 1 aliphatic rings. The molecule has 0 aromatic heterocycles. The summed E-state index contributed by atoms with van der Waals surface area (Å²) < 4.78 is 11.0. The fraction of sp³-hybridized carbons (Fsp3) is 0.238. The van der Waals surface area contributed by atoms with E-state index in [0.717, 1.165) is 11.3 Å². The molecule has 28 heavy (non-hydrogen) atoms. The fourth-order valence-electron chi connectivity index (χ4n) is 2.41. The number of nitrogens with one attached hydrogen (secondary N) is 1. The molecule has 1 aliphatic heterocycles. The molecule has 1 fully saturated rings. The van der Waals surface area contributed by atoms with Gasteiger partial charge in [-0.3, -0.25) is 4.79 Å². The van der Waals surface area contributed by atoms with Gasteiger partial charge in [0.2, 0.25) is 0 Å². The van der Waals surface area contributed by atoms with Crippen LogP contribution in [0.3, 0.4) is 0 Å². The van der Waals surface area contributed by atoms with Gasteiger partial charge < -0.3 is 14.8 Å². The molecule has 1 heterocycles. The van der Waals surface area contributed by atoms with Crippen molar-refractivity contribution in [3.8, 4) is 11.5 Å². The highest BCUT2D eigenvalue weighted by atomic mass is 35.5. The molecule has 0 unspecified atom stereocenters. The van der Waals surface area contributed by atoms with Gasteiger partial charge >= 0.3 is 0 Å². The van der Waals surface area contributed by atoms with Crippen LogP contribution in [-0.2, 0) is 4.79 Å². The predicted octanol–water partition coefficient (Wildman–Crippen LogP) is 5.28. The highest BCUT2D eigenvalue weighted by Crippen LogP contribution is 2.34. The van der Waals surface area contributed by atoms with E-state index >= 15 is 0 Å². The summed E-state index contributed by atoms with van der Waals surface area (Å²) in [6.45, 7) is 4.88. The van der Waals surface area contributed by atoms with Crippen molar-refractivity contribution in [3.05, 3.63) is 58.0 Å². The van der Waals surface area contributed by atoms with E-state index < -0.39 is 0 Å². The maximum atomic E-state index is 12.3. The quantitative estimate of drug-likeness (QED) is 0.651. The van der Waals surface area contributed by atoms with Crippen LogP contribution in [0.5, 0.6) is 11.5 Å². The van der Waals surface area contributed by atoms with Crippen LogP contribution < -0.4 is 14.8 Å². The minimum Gasteiger partial charge on any atom is -0.494 e. The number of aliphatic imine (C=N–C) groups is 1. The summed E-state index contributed by atoms with van der Waals surface area (Å²) in [5, 5.41) is 3.80. The van der Waals surface area contributed by atoms with Gasteiger partial charge in [0, 0.05) is 5.02 Å².